The molecule has 0 saturated carbocycles. The van der Waals surface area contributed by atoms with Crippen LogP contribution in [0.1, 0.15) is 23.6 Å². The summed E-state index contributed by atoms with van der Waals surface area (Å²) in [7, 11) is 0. The Balaban J connectivity index is 1.98. The number of halogens is 3. The number of nitrogens with one attached hydrogen (secondary N) is 1. The van der Waals surface area contributed by atoms with E-state index in [1.807, 2.05) is 61.5 Å². The Morgan fingerprint density at radius 1 is 0.909 bits per heavy atom. The minimum Gasteiger partial charge on any atom is -0.355 e. The fourth-order valence-electron chi connectivity index (χ4n) is 3.59. The van der Waals surface area contributed by atoms with Crippen molar-refractivity contribution in [3.63, 3.8) is 0 Å². The first-order valence-electron chi connectivity index (χ1n) is 10.7. The SMILES string of the molecule is CCNC(=O)C(Cc1ccccc1)N(Cc1ccc(Br)cc1)C(=O)Cc1c(Cl)cccc1Cl. The summed E-state index contributed by atoms with van der Waals surface area (Å²) in [6.45, 7) is 2.62. The molecule has 3 aromatic carbocycles. The first-order chi connectivity index (χ1) is 15.9. The van der Waals surface area contributed by atoms with Gasteiger partial charge in [-0.2, -0.15) is 0 Å². The number of hydrogen-bond donors (Lipinski definition) is 1. The van der Waals surface area contributed by atoms with E-state index in [0.29, 0.717) is 28.6 Å². The van der Waals surface area contributed by atoms with Crippen LogP contribution in [-0.4, -0.2) is 29.3 Å². The molecule has 0 radical (unpaired) electrons. The summed E-state index contributed by atoms with van der Waals surface area (Å²) in [5.74, 6) is -0.419. The molecular formula is C26H25BrCl2N2O2. The Morgan fingerprint density at radius 3 is 2.15 bits per heavy atom. The average molecular weight is 548 g/mol. The number of benzene rings is 3. The van der Waals surface area contributed by atoms with Gasteiger partial charge >= 0.3 is 0 Å². The predicted molar refractivity (Wildman–Crippen MR) is 137 cm³/mol. The van der Waals surface area contributed by atoms with Crippen molar-refractivity contribution in [2.75, 3.05) is 6.54 Å². The van der Waals surface area contributed by atoms with Crippen molar-refractivity contribution in [1.29, 1.82) is 0 Å². The standard InChI is InChI=1S/C26H25BrCl2N2O2/c1-2-30-26(33)24(15-18-7-4-3-5-8-18)31(17-19-11-13-20(27)14-12-19)25(32)16-21-22(28)9-6-10-23(21)29/h3-14,24H,2,15-17H2,1H3,(H,30,33). The van der Waals surface area contributed by atoms with Crippen LogP contribution in [0.3, 0.4) is 0 Å². The van der Waals surface area contributed by atoms with E-state index >= 15 is 0 Å². The van der Waals surface area contributed by atoms with Gasteiger partial charge in [-0.25, -0.2) is 0 Å². The van der Waals surface area contributed by atoms with E-state index < -0.39 is 6.04 Å². The van der Waals surface area contributed by atoms with E-state index in [9.17, 15) is 9.59 Å². The maximum Gasteiger partial charge on any atom is 0.243 e. The molecule has 3 aromatic rings. The van der Waals surface area contributed by atoms with Gasteiger partial charge in [-0.05, 0) is 47.9 Å². The zero-order valence-electron chi connectivity index (χ0n) is 18.2. The van der Waals surface area contributed by atoms with Gasteiger partial charge in [0, 0.05) is 34.0 Å². The van der Waals surface area contributed by atoms with Crippen LogP contribution in [-0.2, 0) is 29.0 Å². The topological polar surface area (TPSA) is 49.4 Å². The molecule has 0 aromatic heterocycles. The summed E-state index contributed by atoms with van der Waals surface area (Å²) in [4.78, 5) is 28.4. The quantitative estimate of drug-likeness (QED) is 0.353. The largest absolute Gasteiger partial charge is 0.355 e. The molecule has 3 rings (SSSR count). The van der Waals surface area contributed by atoms with Gasteiger partial charge in [-0.1, -0.05) is 87.7 Å². The molecule has 1 atom stereocenters. The number of rotatable bonds is 9. The molecule has 172 valence electrons. The molecule has 0 heterocycles. The van der Waals surface area contributed by atoms with Crippen molar-refractivity contribution >= 4 is 50.9 Å². The average Bonchev–Trinajstić information content (AvgIpc) is 2.80. The van der Waals surface area contributed by atoms with Gasteiger partial charge in [0.15, 0.2) is 0 Å². The number of hydrogen-bond acceptors (Lipinski definition) is 2. The zero-order chi connectivity index (χ0) is 23.8. The first kappa shape index (κ1) is 25.3. The lowest BCUT2D eigenvalue weighted by molar-refractivity contribution is -0.140. The lowest BCUT2D eigenvalue weighted by Crippen LogP contribution is -2.51. The van der Waals surface area contributed by atoms with Gasteiger partial charge < -0.3 is 10.2 Å². The number of amides is 2. The Bertz CT molecular complexity index is 1070. The molecule has 0 saturated heterocycles. The number of carbonyl (C=O) groups excluding carboxylic acids is 2. The van der Waals surface area contributed by atoms with Gasteiger partial charge in [0.2, 0.25) is 11.8 Å². The number of nitrogens with zero attached hydrogens (tertiary/aromatic N) is 1. The molecule has 0 spiro atoms. The third-order valence-corrected chi connectivity index (χ3v) is 6.51. The van der Waals surface area contributed by atoms with Crippen LogP contribution < -0.4 is 5.32 Å². The fourth-order valence-corrected chi connectivity index (χ4v) is 4.38. The summed E-state index contributed by atoms with van der Waals surface area (Å²) in [5, 5.41) is 3.75. The normalized spacial score (nSPS) is 11.6. The van der Waals surface area contributed by atoms with Crippen LogP contribution in [0.2, 0.25) is 10.0 Å². The Morgan fingerprint density at radius 2 is 1.55 bits per heavy atom. The van der Waals surface area contributed by atoms with Gasteiger partial charge in [-0.3, -0.25) is 9.59 Å². The molecule has 0 aliphatic rings. The molecule has 2 amide bonds. The van der Waals surface area contributed by atoms with Crippen LogP contribution in [0, 0.1) is 0 Å². The zero-order valence-corrected chi connectivity index (χ0v) is 21.3. The summed E-state index contributed by atoms with van der Waals surface area (Å²) >= 11 is 16.1. The first-order valence-corrected chi connectivity index (χ1v) is 12.2. The predicted octanol–water partition coefficient (Wildman–Crippen LogP) is 6.07. The van der Waals surface area contributed by atoms with Gasteiger partial charge in [-0.15, -0.1) is 0 Å². The highest BCUT2D eigenvalue weighted by Crippen LogP contribution is 2.26. The van der Waals surface area contributed by atoms with Gasteiger partial charge in [0.05, 0.1) is 6.42 Å². The molecule has 1 N–H and O–H groups in total. The van der Waals surface area contributed by atoms with Crippen molar-refractivity contribution in [1.82, 2.24) is 10.2 Å². The summed E-state index contributed by atoms with van der Waals surface area (Å²) in [6, 6.07) is 21.9. The summed E-state index contributed by atoms with van der Waals surface area (Å²) in [5.41, 5.74) is 2.44. The highest BCUT2D eigenvalue weighted by atomic mass is 79.9. The maximum absolute atomic E-state index is 13.6. The van der Waals surface area contributed by atoms with Gasteiger partial charge in [0.25, 0.3) is 0 Å². The van der Waals surface area contributed by atoms with Crippen molar-refractivity contribution < 1.29 is 9.59 Å². The monoisotopic (exact) mass is 546 g/mol. The molecule has 7 heteroatoms. The lowest BCUT2D eigenvalue weighted by Gasteiger charge is -2.32. The second kappa shape index (κ2) is 12.2. The molecule has 0 aliphatic heterocycles. The minimum atomic E-state index is -0.690. The van der Waals surface area contributed by atoms with Crippen molar-refractivity contribution in [3.05, 3.63) is 104 Å². The fraction of sp³-hybridized carbons (Fsp3) is 0.231. The maximum atomic E-state index is 13.6. The molecule has 33 heavy (non-hydrogen) atoms. The van der Waals surface area contributed by atoms with E-state index in [0.717, 1.165) is 15.6 Å². The second-order valence-electron chi connectivity index (χ2n) is 7.63. The van der Waals surface area contributed by atoms with E-state index in [1.54, 1.807) is 23.1 Å². The van der Waals surface area contributed by atoms with E-state index in [-0.39, 0.29) is 24.8 Å². The summed E-state index contributed by atoms with van der Waals surface area (Å²) in [6.07, 6.45) is 0.394. The molecule has 0 fully saturated rings. The Hall–Kier alpha value is -2.34. The third-order valence-electron chi connectivity index (χ3n) is 5.28. The molecule has 4 nitrogen and oxygen atoms in total. The smallest absolute Gasteiger partial charge is 0.243 e. The van der Waals surface area contributed by atoms with Crippen LogP contribution in [0.4, 0.5) is 0 Å². The number of likely N-dealkylation sites (N-methyl/N-ethyl adjacent to an activating group) is 1. The molecule has 0 aliphatic carbocycles. The molecule has 0 bridgehead atoms. The minimum absolute atomic E-state index is 0.000268. The van der Waals surface area contributed by atoms with E-state index in [4.69, 9.17) is 23.2 Å². The van der Waals surface area contributed by atoms with Crippen molar-refractivity contribution in [2.45, 2.75) is 32.4 Å². The van der Waals surface area contributed by atoms with Crippen LogP contribution in [0.5, 0.6) is 0 Å². The van der Waals surface area contributed by atoms with E-state index in [1.165, 1.54) is 0 Å². The van der Waals surface area contributed by atoms with Gasteiger partial charge in [0.1, 0.15) is 6.04 Å². The lowest BCUT2D eigenvalue weighted by atomic mass is 10.0. The third kappa shape index (κ3) is 7.07. The van der Waals surface area contributed by atoms with E-state index in [2.05, 4.69) is 21.2 Å². The highest BCUT2D eigenvalue weighted by Gasteiger charge is 2.30. The Labute approximate surface area is 213 Å². The Kier molecular flexibility index (Phi) is 9.36. The second-order valence-corrected chi connectivity index (χ2v) is 9.36. The van der Waals surface area contributed by atoms with Crippen molar-refractivity contribution in [3.8, 4) is 0 Å². The van der Waals surface area contributed by atoms with Crippen molar-refractivity contribution in [2.24, 2.45) is 0 Å². The molecular weight excluding hydrogens is 523 g/mol. The van der Waals surface area contributed by atoms with Crippen LogP contribution in [0.15, 0.2) is 77.3 Å². The summed E-state index contributed by atoms with van der Waals surface area (Å²) < 4.78 is 0.941. The molecule has 1 unspecified atom stereocenters. The van der Waals surface area contributed by atoms with Crippen LogP contribution in [0.25, 0.3) is 0 Å². The van der Waals surface area contributed by atoms with Crippen LogP contribution >= 0.6 is 39.1 Å². The number of carbonyl (C=O) groups is 2. The highest BCUT2D eigenvalue weighted by molar-refractivity contribution is 9.10.